The van der Waals surface area contributed by atoms with Crippen LogP contribution in [0.15, 0.2) is 36.7 Å². The van der Waals surface area contributed by atoms with Crippen molar-refractivity contribution in [1.29, 1.82) is 0 Å². The third kappa shape index (κ3) is 3.99. The minimum atomic E-state index is -0.0194. The molecular formula is C19H24N6O. The molecule has 0 radical (unpaired) electrons. The molecule has 0 aliphatic carbocycles. The molecule has 0 spiro atoms. The highest BCUT2D eigenvalue weighted by Gasteiger charge is 2.19. The van der Waals surface area contributed by atoms with Gasteiger partial charge in [-0.05, 0) is 31.4 Å². The van der Waals surface area contributed by atoms with Crippen LogP contribution >= 0.6 is 0 Å². The first-order valence-corrected chi connectivity index (χ1v) is 8.68. The van der Waals surface area contributed by atoms with E-state index in [9.17, 15) is 5.11 Å². The van der Waals surface area contributed by atoms with Crippen LogP contribution in [0.25, 0.3) is 11.4 Å². The summed E-state index contributed by atoms with van der Waals surface area (Å²) in [6, 6.07) is 8.95. The summed E-state index contributed by atoms with van der Waals surface area (Å²) >= 11 is 0. The van der Waals surface area contributed by atoms with E-state index in [0.29, 0.717) is 23.1 Å². The van der Waals surface area contributed by atoms with E-state index in [1.165, 1.54) is 0 Å². The molecular weight excluding hydrogens is 328 g/mol. The zero-order valence-electron chi connectivity index (χ0n) is 15.5. The third-order valence-corrected chi connectivity index (χ3v) is 4.09. The van der Waals surface area contributed by atoms with Crippen LogP contribution in [0.2, 0.25) is 0 Å². The lowest BCUT2D eigenvalue weighted by Gasteiger charge is -2.21. The first kappa shape index (κ1) is 17.8. The van der Waals surface area contributed by atoms with Crippen LogP contribution in [0, 0.1) is 12.8 Å². The highest BCUT2D eigenvalue weighted by atomic mass is 16.3. The Morgan fingerprint density at radius 1 is 1.19 bits per heavy atom. The molecule has 1 aromatic carbocycles. The molecule has 0 aliphatic rings. The quantitative estimate of drug-likeness (QED) is 0.706. The van der Waals surface area contributed by atoms with E-state index >= 15 is 0 Å². The Labute approximate surface area is 153 Å². The van der Waals surface area contributed by atoms with Gasteiger partial charge in [-0.25, -0.2) is 15.0 Å². The molecule has 7 nitrogen and oxygen atoms in total. The molecule has 0 bridgehead atoms. The number of hydrogen-bond acceptors (Lipinski definition) is 6. The summed E-state index contributed by atoms with van der Waals surface area (Å²) in [6.07, 6.45) is 2.45. The molecule has 3 rings (SSSR count). The highest BCUT2D eigenvalue weighted by Crippen LogP contribution is 2.29. The number of aromatic hydroxyl groups is 1. The van der Waals surface area contributed by atoms with Crippen LogP contribution in [0.5, 0.6) is 5.75 Å². The number of phenols is 1. The van der Waals surface area contributed by atoms with Crippen LogP contribution in [-0.4, -0.2) is 29.8 Å². The number of phenolic OH excluding ortho intramolecular Hbond substituents is 1. The Morgan fingerprint density at radius 3 is 2.62 bits per heavy atom. The molecule has 2 heterocycles. The molecule has 0 aliphatic heterocycles. The van der Waals surface area contributed by atoms with Crippen molar-refractivity contribution < 1.29 is 5.11 Å². The van der Waals surface area contributed by atoms with Crippen LogP contribution in [0.4, 0.5) is 5.82 Å². The summed E-state index contributed by atoms with van der Waals surface area (Å²) in [5.74, 6) is 2.69. The fraction of sp³-hybridized carbons (Fsp3) is 0.368. The Hall–Kier alpha value is -2.96. The normalized spacial score (nSPS) is 12.3. The average molecular weight is 352 g/mol. The fourth-order valence-corrected chi connectivity index (χ4v) is 2.93. The number of nitrogens with one attached hydrogen (secondary N) is 1. The Bertz CT molecular complexity index is 889. The highest BCUT2D eigenvalue weighted by molar-refractivity contribution is 5.64. The summed E-state index contributed by atoms with van der Waals surface area (Å²) < 4.78 is 1.78. The van der Waals surface area contributed by atoms with Gasteiger partial charge in [-0.1, -0.05) is 26.0 Å². The van der Waals surface area contributed by atoms with E-state index in [-0.39, 0.29) is 11.8 Å². The number of aryl methyl sites for hydroxylation is 2. The second kappa shape index (κ2) is 7.51. The van der Waals surface area contributed by atoms with Gasteiger partial charge in [-0.3, -0.25) is 4.68 Å². The van der Waals surface area contributed by atoms with Gasteiger partial charge in [0.05, 0.1) is 11.6 Å². The summed E-state index contributed by atoms with van der Waals surface area (Å²) in [7, 11) is 1.88. The monoisotopic (exact) mass is 352 g/mol. The Balaban J connectivity index is 1.95. The zero-order valence-corrected chi connectivity index (χ0v) is 15.5. The second-order valence-electron chi connectivity index (χ2n) is 6.80. The molecule has 1 atom stereocenters. The maximum atomic E-state index is 10.1. The van der Waals surface area contributed by atoms with Crippen molar-refractivity contribution in [3.63, 3.8) is 0 Å². The maximum absolute atomic E-state index is 10.1. The SMILES string of the molecule is Cc1cc(N[C@H](CC(C)C)c2ncnn2C)nc(-c2ccccc2O)n1. The standard InChI is InChI=1S/C19H24N6O/c1-12(2)9-15(19-20-11-21-25(19)4)23-17-10-13(3)22-18(24-17)14-7-5-6-8-16(14)26/h5-8,10-12,15,26H,9H2,1-4H3,(H,22,23,24)/t15-/m1/s1. The van der Waals surface area contributed by atoms with Gasteiger partial charge in [0.1, 0.15) is 23.7 Å². The molecule has 0 saturated carbocycles. The lowest BCUT2D eigenvalue weighted by Crippen LogP contribution is -2.19. The van der Waals surface area contributed by atoms with Crippen molar-refractivity contribution in [3.8, 4) is 17.1 Å². The smallest absolute Gasteiger partial charge is 0.165 e. The van der Waals surface area contributed by atoms with E-state index in [4.69, 9.17) is 0 Å². The van der Waals surface area contributed by atoms with E-state index in [2.05, 4.69) is 39.2 Å². The Morgan fingerprint density at radius 2 is 1.96 bits per heavy atom. The lowest BCUT2D eigenvalue weighted by atomic mass is 10.0. The van der Waals surface area contributed by atoms with Gasteiger partial charge < -0.3 is 10.4 Å². The van der Waals surface area contributed by atoms with Gasteiger partial charge in [0.15, 0.2) is 5.82 Å². The molecule has 7 heteroatoms. The van der Waals surface area contributed by atoms with Crippen molar-refractivity contribution in [2.45, 2.75) is 33.2 Å². The van der Waals surface area contributed by atoms with Gasteiger partial charge in [-0.15, -0.1) is 0 Å². The maximum Gasteiger partial charge on any atom is 0.165 e. The Kier molecular flexibility index (Phi) is 5.16. The number of benzene rings is 1. The van der Waals surface area contributed by atoms with Crippen molar-refractivity contribution in [2.75, 3.05) is 5.32 Å². The molecule has 136 valence electrons. The van der Waals surface area contributed by atoms with E-state index in [0.717, 1.165) is 17.9 Å². The number of nitrogens with zero attached hydrogens (tertiary/aromatic N) is 5. The minimum Gasteiger partial charge on any atom is -0.507 e. The molecule has 26 heavy (non-hydrogen) atoms. The number of hydrogen-bond donors (Lipinski definition) is 2. The van der Waals surface area contributed by atoms with Gasteiger partial charge in [0.25, 0.3) is 0 Å². The van der Waals surface area contributed by atoms with Crippen LogP contribution < -0.4 is 5.32 Å². The second-order valence-corrected chi connectivity index (χ2v) is 6.80. The van der Waals surface area contributed by atoms with E-state index in [1.54, 1.807) is 23.1 Å². The minimum absolute atomic E-state index is 0.0194. The summed E-state index contributed by atoms with van der Waals surface area (Å²) in [6.45, 7) is 6.25. The van der Waals surface area contributed by atoms with Crippen molar-refractivity contribution in [1.82, 2.24) is 24.7 Å². The summed E-state index contributed by atoms with van der Waals surface area (Å²) in [4.78, 5) is 13.5. The number of anilines is 1. The van der Waals surface area contributed by atoms with Gasteiger partial charge in [-0.2, -0.15) is 5.10 Å². The first-order chi connectivity index (χ1) is 12.4. The van der Waals surface area contributed by atoms with Gasteiger partial charge >= 0.3 is 0 Å². The fourth-order valence-electron chi connectivity index (χ4n) is 2.93. The third-order valence-electron chi connectivity index (χ3n) is 4.09. The van der Waals surface area contributed by atoms with Crippen molar-refractivity contribution in [2.24, 2.45) is 13.0 Å². The molecule has 0 amide bonds. The summed E-state index contributed by atoms with van der Waals surface area (Å²) in [5, 5.41) is 17.8. The molecule has 3 aromatic rings. The lowest BCUT2D eigenvalue weighted by molar-refractivity contribution is 0.477. The number of aromatic nitrogens is 5. The van der Waals surface area contributed by atoms with Crippen molar-refractivity contribution >= 4 is 5.82 Å². The van der Waals surface area contributed by atoms with Crippen LogP contribution in [0.3, 0.4) is 0 Å². The summed E-state index contributed by atoms with van der Waals surface area (Å²) in [5.41, 5.74) is 1.43. The molecule has 0 saturated heterocycles. The predicted octanol–water partition coefficient (Wildman–Crippen LogP) is 3.49. The van der Waals surface area contributed by atoms with Crippen LogP contribution in [0.1, 0.15) is 37.8 Å². The number of para-hydroxylation sites is 1. The molecule has 2 N–H and O–H groups in total. The van der Waals surface area contributed by atoms with Gasteiger partial charge in [0.2, 0.25) is 0 Å². The topological polar surface area (TPSA) is 88.8 Å². The van der Waals surface area contributed by atoms with Gasteiger partial charge in [0, 0.05) is 18.8 Å². The van der Waals surface area contributed by atoms with Crippen molar-refractivity contribution in [3.05, 3.63) is 48.2 Å². The largest absolute Gasteiger partial charge is 0.507 e. The average Bonchev–Trinajstić information content (AvgIpc) is 3.00. The first-order valence-electron chi connectivity index (χ1n) is 8.68. The van der Waals surface area contributed by atoms with E-state index in [1.807, 2.05) is 32.2 Å². The van der Waals surface area contributed by atoms with Crippen LogP contribution in [-0.2, 0) is 7.05 Å². The molecule has 2 aromatic heterocycles. The molecule has 0 fully saturated rings. The predicted molar refractivity (Wildman–Crippen MR) is 101 cm³/mol. The zero-order chi connectivity index (χ0) is 18.7. The van der Waals surface area contributed by atoms with E-state index < -0.39 is 0 Å². The molecule has 0 unspecified atom stereocenters. The number of rotatable bonds is 6.